The van der Waals surface area contributed by atoms with Gasteiger partial charge in [0.1, 0.15) is 5.75 Å². The summed E-state index contributed by atoms with van der Waals surface area (Å²) < 4.78 is 6.53. The largest absolute Gasteiger partial charge is 0.492 e. The lowest BCUT2D eigenvalue weighted by Gasteiger charge is -2.26. The maximum atomic E-state index is 5.99. The average molecular weight is 277 g/mol. The van der Waals surface area contributed by atoms with Gasteiger partial charge in [-0.25, -0.2) is 0 Å². The highest BCUT2D eigenvalue weighted by atomic mass is 79.9. The van der Waals surface area contributed by atoms with Crippen LogP contribution in [0.5, 0.6) is 5.75 Å². The molecule has 1 aromatic carbocycles. The van der Waals surface area contributed by atoms with Crippen molar-refractivity contribution in [2.24, 2.45) is 0 Å². The van der Waals surface area contributed by atoms with Crippen LogP contribution in [-0.2, 0) is 0 Å². The fourth-order valence-electron chi connectivity index (χ4n) is 1.73. The molecule has 0 aromatic heterocycles. The Morgan fingerprint density at radius 1 is 1.57 bits per heavy atom. The molecular formula is C10H11BrClNO. The molecule has 0 fully saturated rings. The van der Waals surface area contributed by atoms with Crippen molar-refractivity contribution in [1.82, 2.24) is 5.32 Å². The number of nitrogens with one attached hydrogen (secondary N) is 1. The van der Waals surface area contributed by atoms with Crippen LogP contribution < -0.4 is 10.1 Å². The van der Waals surface area contributed by atoms with Crippen LogP contribution in [0.4, 0.5) is 0 Å². The summed E-state index contributed by atoms with van der Waals surface area (Å²) in [5.74, 6) is 0.917. The first kappa shape index (κ1) is 10.3. The zero-order chi connectivity index (χ0) is 10.1. The molecule has 0 radical (unpaired) electrons. The van der Waals surface area contributed by atoms with E-state index in [1.807, 2.05) is 19.2 Å². The van der Waals surface area contributed by atoms with E-state index in [0.29, 0.717) is 6.04 Å². The minimum absolute atomic E-state index is 0.341. The van der Waals surface area contributed by atoms with Crippen LogP contribution >= 0.6 is 27.5 Å². The van der Waals surface area contributed by atoms with Gasteiger partial charge in [0.25, 0.3) is 0 Å². The third kappa shape index (κ3) is 1.76. The molecule has 1 aromatic rings. The van der Waals surface area contributed by atoms with E-state index in [1.54, 1.807) is 0 Å². The van der Waals surface area contributed by atoms with Crippen LogP contribution in [0.3, 0.4) is 0 Å². The van der Waals surface area contributed by atoms with Crippen molar-refractivity contribution in [2.75, 3.05) is 13.7 Å². The predicted molar refractivity (Wildman–Crippen MR) is 61.1 cm³/mol. The normalized spacial score (nSPS) is 20.1. The Hall–Kier alpha value is -0.250. The quantitative estimate of drug-likeness (QED) is 0.851. The first-order chi connectivity index (χ1) is 6.72. The molecule has 0 saturated heterocycles. The molecule has 0 saturated carbocycles. The molecule has 0 spiro atoms. The number of fused-ring (bicyclic) bond motifs is 1. The van der Waals surface area contributed by atoms with Crippen LogP contribution in [0.1, 0.15) is 18.0 Å². The topological polar surface area (TPSA) is 21.3 Å². The molecule has 1 atom stereocenters. The maximum Gasteiger partial charge on any atom is 0.138 e. The van der Waals surface area contributed by atoms with E-state index in [4.69, 9.17) is 16.3 Å². The molecule has 1 heterocycles. The first-order valence-electron chi connectivity index (χ1n) is 4.51. The van der Waals surface area contributed by atoms with Gasteiger partial charge in [-0.3, -0.25) is 0 Å². The molecule has 1 N–H and O–H groups in total. The minimum atomic E-state index is 0.341. The number of halogens is 2. The van der Waals surface area contributed by atoms with Gasteiger partial charge in [-0.1, -0.05) is 11.6 Å². The summed E-state index contributed by atoms with van der Waals surface area (Å²) in [6, 6.07) is 4.16. The number of rotatable bonds is 1. The van der Waals surface area contributed by atoms with Crippen LogP contribution in [0.2, 0.25) is 5.02 Å². The summed E-state index contributed by atoms with van der Waals surface area (Å²) in [6.07, 6.45) is 0.982. The number of benzene rings is 1. The van der Waals surface area contributed by atoms with Gasteiger partial charge in [0.05, 0.1) is 11.1 Å². The Labute approximate surface area is 96.7 Å². The molecule has 0 aliphatic carbocycles. The SMILES string of the molecule is CNC1CCOc2c(Br)cc(Cl)cc21. The van der Waals surface area contributed by atoms with Gasteiger partial charge in [0, 0.05) is 23.0 Å². The highest BCUT2D eigenvalue weighted by Gasteiger charge is 2.22. The maximum absolute atomic E-state index is 5.99. The smallest absolute Gasteiger partial charge is 0.138 e. The monoisotopic (exact) mass is 275 g/mol. The highest BCUT2D eigenvalue weighted by molar-refractivity contribution is 9.10. The fraction of sp³-hybridized carbons (Fsp3) is 0.400. The standard InChI is InChI=1S/C10H11BrClNO/c1-13-9-2-3-14-10-7(9)4-6(12)5-8(10)11/h4-5,9,13H,2-3H2,1H3. The second kappa shape index (κ2) is 4.09. The lowest BCUT2D eigenvalue weighted by Crippen LogP contribution is -2.24. The lowest BCUT2D eigenvalue weighted by atomic mass is 10.0. The van der Waals surface area contributed by atoms with E-state index in [1.165, 1.54) is 0 Å². The lowest BCUT2D eigenvalue weighted by molar-refractivity contribution is 0.256. The molecule has 4 heteroatoms. The number of hydrogen-bond donors (Lipinski definition) is 1. The second-order valence-electron chi connectivity index (χ2n) is 3.28. The van der Waals surface area contributed by atoms with Crippen molar-refractivity contribution >= 4 is 27.5 Å². The van der Waals surface area contributed by atoms with Gasteiger partial charge in [-0.2, -0.15) is 0 Å². The van der Waals surface area contributed by atoms with Crippen LogP contribution in [0.15, 0.2) is 16.6 Å². The highest BCUT2D eigenvalue weighted by Crippen LogP contribution is 2.39. The van der Waals surface area contributed by atoms with Crippen molar-refractivity contribution in [3.8, 4) is 5.75 Å². The Morgan fingerprint density at radius 3 is 3.07 bits per heavy atom. The van der Waals surface area contributed by atoms with Crippen LogP contribution in [-0.4, -0.2) is 13.7 Å². The van der Waals surface area contributed by atoms with Crippen LogP contribution in [0, 0.1) is 0 Å². The minimum Gasteiger partial charge on any atom is -0.492 e. The Bertz CT molecular complexity index is 356. The second-order valence-corrected chi connectivity index (χ2v) is 4.58. The molecule has 2 rings (SSSR count). The molecule has 0 bridgehead atoms. The molecule has 1 aliphatic heterocycles. The summed E-state index contributed by atoms with van der Waals surface area (Å²) >= 11 is 9.44. The van der Waals surface area contributed by atoms with E-state index >= 15 is 0 Å². The number of ether oxygens (including phenoxy) is 1. The van der Waals surface area contributed by atoms with E-state index in [0.717, 1.165) is 33.8 Å². The van der Waals surface area contributed by atoms with Gasteiger partial charge < -0.3 is 10.1 Å². The summed E-state index contributed by atoms with van der Waals surface area (Å²) in [5.41, 5.74) is 1.14. The van der Waals surface area contributed by atoms with Crippen molar-refractivity contribution < 1.29 is 4.74 Å². The summed E-state index contributed by atoms with van der Waals surface area (Å²) in [4.78, 5) is 0. The molecule has 2 nitrogen and oxygen atoms in total. The van der Waals surface area contributed by atoms with Crippen LogP contribution in [0.25, 0.3) is 0 Å². The molecule has 76 valence electrons. The Kier molecular flexibility index (Phi) is 3.00. The van der Waals surface area contributed by atoms with Gasteiger partial charge >= 0.3 is 0 Å². The van der Waals surface area contributed by atoms with Gasteiger partial charge in [-0.15, -0.1) is 0 Å². The summed E-state index contributed by atoms with van der Waals surface area (Å²) in [5, 5.41) is 3.99. The van der Waals surface area contributed by atoms with E-state index in [-0.39, 0.29) is 0 Å². The zero-order valence-electron chi connectivity index (χ0n) is 7.81. The first-order valence-corrected chi connectivity index (χ1v) is 5.68. The summed E-state index contributed by atoms with van der Waals surface area (Å²) in [6.45, 7) is 0.749. The molecule has 1 aliphatic rings. The number of hydrogen-bond acceptors (Lipinski definition) is 2. The molecule has 0 amide bonds. The van der Waals surface area contributed by atoms with Gasteiger partial charge in [0.2, 0.25) is 0 Å². The van der Waals surface area contributed by atoms with E-state index in [2.05, 4.69) is 21.2 Å². The Balaban J connectivity index is 2.51. The zero-order valence-corrected chi connectivity index (χ0v) is 10.2. The van der Waals surface area contributed by atoms with Crippen molar-refractivity contribution in [1.29, 1.82) is 0 Å². The molecule has 1 unspecified atom stereocenters. The molecule has 14 heavy (non-hydrogen) atoms. The van der Waals surface area contributed by atoms with Crippen molar-refractivity contribution in [3.63, 3.8) is 0 Å². The third-order valence-corrected chi connectivity index (χ3v) is 3.22. The predicted octanol–water partition coefficient (Wildman–Crippen LogP) is 3.15. The van der Waals surface area contributed by atoms with Gasteiger partial charge in [0.15, 0.2) is 0 Å². The molecular weight excluding hydrogens is 265 g/mol. The van der Waals surface area contributed by atoms with Crippen molar-refractivity contribution in [3.05, 3.63) is 27.2 Å². The average Bonchev–Trinajstić information content (AvgIpc) is 2.17. The fourth-order valence-corrected chi connectivity index (χ4v) is 2.67. The van der Waals surface area contributed by atoms with Crippen molar-refractivity contribution in [2.45, 2.75) is 12.5 Å². The van der Waals surface area contributed by atoms with Gasteiger partial charge in [-0.05, 0) is 35.1 Å². The Morgan fingerprint density at radius 2 is 2.36 bits per heavy atom. The summed E-state index contributed by atoms with van der Waals surface area (Å²) in [7, 11) is 1.95. The third-order valence-electron chi connectivity index (χ3n) is 2.41. The van der Waals surface area contributed by atoms with E-state index in [9.17, 15) is 0 Å². The van der Waals surface area contributed by atoms with E-state index < -0.39 is 0 Å².